The van der Waals surface area contributed by atoms with Crippen molar-refractivity contribution in [2.45, 2.75) is 65.7 Å². The Labute approximate surface area is 117 Å². The number of phenolic OH excluding ortho intramolecular Hbond substituents is 1. The van der Waals surface area contributed by atoms with Crippen LogP contribution < -0.4 is 0 Å². The average molecular weight is 261 g/mol. The first kappa shape index (κ1) is 15.7. The predicted octanol–water partition coefficient (Wildman–Crippen LogP) is 5.10. The fraction of sp³-hybridized carbons (Fsp3) is 0.588. The van der Waals surface area contributed by atoms with Crippen LogP contribution in [0.2, 0.25) is 0 Å². The number of hydrogen-bond acceptors (Lipinski definition) is 2. The van der Waals surface area contributed by atoms with E-state index >= 15 is 0 Å². The average Bonchev–Trinajstić information content (AvgIpc) is 2.24. The highest BCUT2D eigenvalue weighted by Crippen LogP contribution is 2.41. The van der Waals surface area contributed by atoms with Gasteiger partial charge in [0.15, 0.2) is 0 Å². The standard InChI is InChI=1S/C17H27NO/c1-8-9-18-14-11-12(16(2,3)4)10-13(15(14)19)17(5,6)7/h9-11,19H,8H2,1-7H3/b18-9-. The first-order chi connectivity index (χ1) is 8.57. The van der Waals surface area contributed by atoms with Gasteiger partial charge in [0, 0.05) is 11.8 Å². The van der Waals surface area contributed by atoms with Crippen LogP contribution in [0.1, 0.15) is 66.0 Å². The maximum Gasteiger partial charge on any atom is 0.144 e. The Morgan fingerprint density at radius 3 is 2.05 bits per heavy atom. The molecule has 106 valence electrons. The minimum atomic E-state index is -0.0954. The first-order valence-corrected chi connectivity index (χ1v) is 6.98. The zero-order valence-corrected chi connectivity index (χ0v) is 13.3. The number of phenols is 1. The van der Waals surface area contributed by atoms with Crippen molar-refractivity contribution in [3.8, 4) is 5.75 Å². The zero-order valence-electron chi connectivity index (χ0n) is 13.3. The Bertz CT molecular complexity index is 473. The van der Waals surface area contributed by atoms with Gasteiger partial charge in [0.1, 0.15) is 11.4 Å². The SMILES string of the molecule is CC/C=N\c1cc(C(C)(C)C)cc(C(C)(C)C)c1O. The Balaban J connectivity index is 3.52. The zero-order chi connectivity index (χ0) is 14.8. The molecule has 0 saturated heterocycles. The number of benzene rings is 1. The largest absolute Gasteiger partial charge is 0.505 e. The monoisotopic (exact) mass is 261 g/mol. The van der Waals surface area contributed by atoms with Gasteiger partial charge in [0.2, 0.25) is 0 Å². The van der Waals surface area contributed by atoms with Crippen LogP contribution in [-0.4, -0.2) is 11.3 Å². The fourth-order valence-corrected chi connectivity index (χ4v) is 1.91. The molecule has 0 heterocycles. The molecule has 0 amide bonds. The van der Waals surface area contributed by atoms with Gasteiger partial charge in [-0.1, -0.05) is 54.5 Å². The van der Waals surface area contributed by atoms with Gasteiger partial charge in [-0.15, -0.1) is 0 Å². The fourth-order valence-electron chi connectivity index (χ4n) is 1.91. The van der Waals surface area contributed by atoms with E-state index in [1.165, 1.54) is 5.56 Å². The minimum absolute atomic E-state index is 0.0458. The molecule has 0 aromatic heterocycles. The lowest BCUT2D eigenvalue weighted by Gasteiger charge is -2.26. The summed E-state index contributed by atoms with van der Waals surface area (Å²) in [5.74, 6) is 0.310. The van der Waals surface area contributed by atoms with Crippen molar-refractivity contribution in [1.82, 2.24) is 0 Å². The van der Waals surface area contributed by atoms with E-state index < -0.39 is 0 Å². The van der Waals surface area contributed by atoms with Crippen molar-refractivity contribution in [3.63, 3.8) is 0 Å². The van der Waals surface area contributed by atoms with Gasteiger partial charge >= 0.3 is 0 Å². The summed E-state index contributed by atoms with van der Waals surface area (Å²) in [4.78, 5) is 4.40. The molecular weight excluding hydrogens is 234 g/mol. The maximum atomic E-state index is 10.4. The maximum absolute atomic E-state index is 10.4. The molecule has 0 aliphatic carbocycles. The van der Waals surface area contributed by atoms with E-state index in [2.05, 4.69) is 52.6 Å². The Hall–Kier alpha value is -1.31. The van der Waals surface area contributed by atoms with Crippen molar-refractivity contribution in [2.75, 3.05) is 0 Å². The molecule has 0 aliphatic rings. The van der Waals surface area contributed by atoms with Gasteiger partial charge in [-0.05, 0) is 28.9 Å². The van der Waals surface area contributed by atoms with E-state index in [4.69, 9.17) is 0 Å². The number of aliphatic imine (C=N–C) groups is 1. The number of rotatable bonds is 2. The smallest absolute Gasteiger partial charge is 0.144 e. The van der Waals surface area contributed by atoms with Crippen LogP contribution >= 0.6 is 0 Å². The second-order valence-electron chi connectivity index (χ2n) is 7.11. The lowest BCUT2D eigenvalue weighted by Crippen LogP contribution is -2.16. The summed E-state index contributed by atoms with van der Waals surface area (Å²) < 4.78 is 0. The van der Waals surface area contributed by atoms with Crippen molar-refractivity contribution in [3.05, 3.63) is 23.3 Å². The van der Waals surface area contributed by atoms with Gasteiger partial charge in [-0.25, -0.2) is 0 Å². The molecule has 0 bridgehead atoms. The lowest BCUT2D eigenvalue weighted by atomic mass is 9.80. The number of aromatic hydroxyl groups is 1. The molecule has 0 aliphatic heterocycles. The molecule has 0 radical (unpaired) electrons. The summed E-state index contributed by atoms with van der Waals surface area (Å²) in [6.07, 6.45) is 2.71. The van der Waals surface area contributed by atoms with Crippen LogP contribution in [0.3, 0.4) is 0 Å². The normalized spacial score (nSPS) is 13.2. The Morgan fingerprint density at radius 1 is 1.05 bits per heavy atom. The van der Waals surface area contributed by atoms with Crippen LogP contribution in [0.5, 0.6) is 5.75 Å². The summed E-state index contributed by atoms with van der Waals surface area (Å²) in [7, 11) is 0. The summed E-state index contributed by atoms with van der Waals surface area (Å²) in [5.41, 5.74) is 2.80. The van der Waals surface area contributed by atoms with Crippen LogP contribution in [0.4, 0.5) is 5.69 Å². The van der Waals surface area contributed by atoms with E-state index in [0.29, 0.717) is 11.4 Å². The van der Waals surface area contributed by atoms with Gasteiger partial charge < -0.3 is 5.11 Å². The third kappa shape index (κ3) is 3.82. The molecule has 0 fully saturated rings. The van der Waals surface area contributed by atoms with Crippen LogP contribution in [0.25, 0.3) is 0 Å². The topological polar surface area (TPSA) is 32.6 Å². The molecular formula is C17H27NO. The molecule has 19 heavy (non-hydrogen) atoms. The Morgan fingerprint density at radius 2 is 1.63 bits per heavy atom. The quantitative estimate of drug-likeness (QED) is 0.738. The van der Waals surface area contributed by atoms with Crippen molar-refractivity contribution >= 4 is 11.9 Å². The summed E-state index contributed by atoms with van der Waals surface area (Å²) >= 11 is 0. The summed E-state index contributed by atoms with van der Waals surface area (Å²) in [6.45, 7) is 14.9. The molecule has 0 unspecified atom stereocenters. The highest BCUT2D eigenvalue weighted by molar-refractivity contribution is 5.69. The second kappa shape index (κ2) is 5.36. The molecule has 0 atom stereocenters. The number of nitrogens with zero attached hydrogens (tertiary/aromatic N) is 1. The Kier molecular flexibility index (Phi) is 4.44. The highest BCUT2D eigenvalue weighted by atomic mass is 16.3. The van der Waals surface area contributed by atoms with Crippen molar-refractivity contribution in [1.29, 1.82) is 0 Å². The molecule has 0 saturated carbocycles. The van der Waals surface area contributed by atoms with E-state index in [9.17, 15) is 5.11 Å². The molecule has 2 nitrogen and oxygen atoms in total. The van der Waals surface area contributed by atoms with E-state index in [0.717, 1.165) is 12.0 Å². The molecule has 1 aromatic carbocycles. The second-order valence-corrected chi connectivity index (χ2v) is 7.11. The van der Waals surface area contributed by atoms with Gasteiger partial charge in [0.25, 0.3) is 0 Å². The van der Waals surface area contributed by atoms with Crippen LogP contribution in [-0.2, 0) is 10.8 Å². The summed E-state index contributed by atoms with van der Waals surface area (Å²) in [6, 6.07) is 4.11. The van der Waals surface area contributed by atoms with Crippen LogP contribution in [0.15, 0.2) is 17.1 Å². The van der Waals surface area contributed by atoms with Gasteiger partial charge in [-0.2, -0.15) is 0 Å². The van der Waals surface area contributed by atoms with E-state index in [1.807, 2.05) is 19.2 Å². The van der Waals surface area contributed by atoms with Crippen molar-refractivity contribution < 1.29 is 5.11 Å². The lowest BCUT2D eigenvalue weighted by molar-refractivity contribution is 0.446. The molecule has 1 aromatic rings. The molecule has 1 rings (SSSR count). The molecule has 2 heteroatoms. The third-order valence-electron chi connectivity index (χ3n) is 3.18. The van der Waals surface area contributed by atoms with Gasteiger partial charge in [0.05, 0.1) is 0 Å². The van der Waals surface area contributed by atoms with Gasteiger partial charge in [-0.3, -0.25) is 4.99 Å². The molecule has 0 spiro atoms. The predicted molar refractivity (Wildman–Crippen MR) is 83.9 cm³/mol. The third-order valence-corrected chi connectivity index (χ3v) is 3.18. The van der Waals surface area contributed by atoms with Crippen molar-refractivity contribution in [2.24, 2.45) is 4.99 Å². The van der Waals surface area contributed by atoms with Crippen LogP contribution in [0, 0.1) is 0 Å². The first-order valence-electron chi connectivity index (χ1n) is 6.98. The molecule has 1 N–H and O–H groups in total. The highest BCUT2D eigenvalue weighted by Gasteiger charge is 2.24. The summed E-state index contributed by atoms with van der Waals surface area (Å²) in [5, 5.41) is 10.4. The van der Waals surface area contributed by atoms with E-state index in [1.54, 1.807) is 0 Å². The minimum Gasteiger partial charge on any atom is -0.505 e. The number of hydrogen-bond donors (Lipinski definition) is 1. The van der Waals surface area contributed by atoms with E-state index in [-0.39, 0.29) is 10.8 Å².